The summed E-state index contributed by atoms with van der Waals surface area (Å²) in [6, 6.07) is 4.69. The number of hydrogen-bond acceptors (Lipinski definition) is 2. The predicted molar refractivity (Wildman–Crippen MR) is 80.5 cm³/mol. The second kappa shape index (κ2) is 5.87. The first-order valence-electron chi connectivity index (χ1n) is 7.37. The monoisotopic (exact) mass is 353 g/mol. The molecule has 21 heavy (non-hydrogen) atoms. The fraction of sp³-hybridized carbons (Fsp3) is 0.500. The van der Waals surface area contributed by atoms with E-state index in [0.717, 1.165) is 25.7 Å². The minimum Gasteiger partial charge on any atom is -0.335 e. The van der Waals surface area contributed by atoms with E-state index in [4.69, 9.17) is 0 Å². The predicted octanol–water partition coefficient (Wildman–Crippen LogP) is 3.56. The second-order valence-electron chi connectivity index (χ2n) is 5.77. The molecular weight excluding hydrogens is 337 g/mol. The molecule has 0 bridgehead atoms. The van der Waals surface area contributed by atoms with E-state index >= 15 is 0 Å². The van der Waals surface area contributed by atoms with Crippen LogP contribution in [0.4, 0.5) is 4.39 Å². The molecule has 0 spiro atoms. The maximum Gasteiger partial charge on any atom is 0.257 e. The molecule has 0 N–H and O–H groups in total. The first-order chi connectivity index (χ1) is 10.1. The molecule has 1 saturated heterocycles. The zero-order valence-electron chi connectivity index (χ0n) is 11.6. The third kappa shape index (κ3) is 2.63. The van der Waals surface area contributed by atoms with Crippen molar-refractivity contribution < 1.29 is 14.0 Å². The third-order valence-corrected chi connectivity index (χ3v) is 5.17. The van der Waals surface area contributed by atoms with E-state index in [2.05, 4.69) is 15.9 Å². The number of carbonyl (C=O) groups is 2. The van der Waals surface area contributed by atoms with E-state index in [1.54, 1.807) is 17.0 Å². The first kappa shape index (κ1) is 14.7. The number of Topliss-reactive ketones (excluding diaryl/α,β-unsaturated/α-hetero) is 1. The average molecular weight is 354 g/mol. The molecule has 1 aliphatic heterocycles. The van der Waals surface area contributed by atoms with Crippen LogP contribution in [0, 0.1) is 11.7 Å². The van der Waals surface area contributed by atoms with Crippen molar-refractivity contribution in [2.45, 2.75) is 38.1 Å². The number of rotatable bonds is 2. The maximum atomic E-state index is 14.1. The van der Waals surface area contributed by atoms with E-state index in [-0.39, 0.29) is 29.2 Å². The van der Waals surface area contributed by atoms with Crippen molar-refractivity contribution in [2.75, 3.05) is 6.54 Å². The van der Waals surface area contributed by atoms with Gasteiger partial charge < -0.3 is 4.90 Å². The molecule has 1 aromatic carbocycles. The lowest BCUT2D eigenvalue weighted by molar-refractivity contribution is -0.121. The Labute approximate surface area is 131 Å². The van der Waals surface area contributed by atoms with Crippen LogP contribution in [0.15, 0.2) is 22.7 Å². The van der Waals surface area contributed by atoms with Crippen molar-refractivity contribution >= 4 is 27.6 Å². The molecule has 1 aliphatic carbocycles. The minimum atomic E-state index is -0.522. The van der Waals surface area contributed by atoms with E-state index in [9.17, 15) is 14.0 Å². The molecule has 1 saturated carbocycles. The summed E-state index contributed by atoms with van der Waals surface area (Å²) < 4.78 is 14.4. The number of carbonyl (C=O) groups excluding carboxylic acids is 2. The Morgan fingerprint density at radius 2 is 2.10 bits per heavy atom. The van der Waals surface area contributed by atoms with Crippen molar-refractivity contribution in [1.29, 1.82) is 0 Å². The third-order valence-electron chi connectivity index (χ3n) is 4.56. The van der Waals surface area contributed by atoms with Gasteiger partial charge in [0.1, 0.15) is 11.6 Å². The summed E-state index contributed by atoms with van der Waals surface area (Å²) in [5, 5.41) is 0. The summed E-state index contributed by atoms with van der Waals surface area (Å²) in [4.78, 5) is 26.3. The van der Waals surface area contributed by atoms with Crippen LogP contribution in [0.1, 0.15) is 42.5 Å². The summed E-state index contributed by atoms with van der Waals surface area (Å²) in [7, 11) is 0. The van der Waals surface area contributed by atoms with Gasteiger partial charge >= 0.3 is 0 Å². The number of ketones is 1. The Balaban J connectivity index is 1.86. The first-order valence-corrected chi connectivity index (χ1v) is 8.16. The van der Waals surface area contributed by atoms with Gasteiger partial charge in [0.05, 0.1) is 10.0 Å². The zero-order chi connectivity index (χ0) is 15.0. The van der Waals surface area contributed by atoms with E-state index in [1.807, 2.05) is 0 Å². The Kier molecular flexibility index (Phi) is 4.11. The lowest BCUT2D eigenvalue weighted by Crippen LogP contribution is -2.41. The number of halogens is 2. The van der Waals surface area contributed by atoms with Gasteiger partial charge in [0.15, 0.2) is 0 Å². The summed E-state index contributed by atoms with van der Waals surface area (Å²) in [5.41, 5.74) is 0.0849. The highest BCUT2D eigenvalue weighted by Crippen LogP contribution is 2.34. The Hall–Kier alpha value is -1.23. The Morgan fingerprint density at radius 1 is 1.29 bits per heavy atom. The molecule has 0 aromatic heterocycles. The fourth-order valence-electron chi connectivity index (χ4n) is 3.54. The average Bonchev–Trinajstić information content (AvgIpc) is 3.09. The minimum absolute atomic E-state index is 0.0494. The van der Waals surface area contributed by atoms with Gasteiger partial charge in [-0.15, -0.1) is 0 Å². The Morgan fingerprint density at radius 3 is 2.81 bits per heavy atom. The summed E-state index contributed by atoms with van der Waals surface area (Å²) >= 11 is 3.11. The highest BCUT2D eigenvalue weighted by molar-refractivity contribution is 9.10. The van der Waals surface area contributed by atoms with Crippen LogP contribution in [0.5, 0.6) is 0 Å². The van der Waals surface area contributed by atoms with Gasteiger partial charge in [-0.25, -0.2) is 4.39 Å². The molecular formula is C16H17BrFNO2. The number of hydrogen-bond donors (Lipinski definition) is 0. The van der Waals surface area contributed by atoms with Crippen LogP contribution >= 0.6 is 15.9 Å². The molecule has 1 aromatic rings. The SMILES string of the molecule is O=C1CCCC1C1CCCN1C(=O)c1cccc(Br)c1F. The van der Waals surface area contributed by atoms with Crippen LogP contribution in [-0.2, 0) is 4.79 Å². The van der Waals surface area contributed by atoms with Gasteiger partial charge in [0.25, 0.3) is 5.91 Å². The van der Waals surface area contributed by atoms with Crippen LogP contribution < -0.4 is 0 Å². The highest BCUT2D eigenvalue weighted by atomic mass is 79.9. The van der Waals surface area contributed by atoms with Crippen molar-refractivity contribution in [2.24, 2.45) is 5.92 Å². The molecule has 1 heterocycles. The molecule has 3 rings (SSSR count). The highest BCUT2D eigenvalue weighted by Gasteiger charge is 2.40. The van der Waals surface area contributed by atoms with Crippen molar-refractivity contribution in [3.05, 3.63) is 34.1 Å². The number of benzene rings is 1. The van der Waals surface area contributed by atoms with Gasteiger partial charge in [0.2, 0.25) is 0 Å². The van der Waals surface area contributed by atoms with Crippen LogP contribution in [-0.4, -0.2) is 29.2 Å². The van der Waals surface area contributed by atoms with Gasteiger partial charge in [-0.1, -0.05) is 6.07 Å². The molecule has 5 heteroatoms. The lowest BCUT2D eigenvalue weighted by Gasteiger charge is -2.29. The lowest BCUT2D eigenvalue weighted by atomic mass is 9.94. The van der Waals surface area contributed by atoms with Crippen molar-refractivity contribution in [3.8, 4) is 0 Å². The van der Waals surface area contributed by atoms with Gasteiger partial charge in [-0.05, 0) is 53.7 Å². The fourth-order valence-corrected chi connectivity index (χ4v) is 3.90. The van der Waals surface area contributed by atoms with Gasteiger partial charge in [-0.2, -0.15) is 0 Å². The number of amides is 1. The number of likely N-dealkylation sites (tertiary alicyclic amines) is 1. The largest absolute Gasteiger partial charge is 0.335 e. The van der Waals surface area contributed by atoms with Crippen molar-refractivity contribution in [3.63, 3.8) is 0 Å². The van der Waals surface area contributed by atoms with E-state index in [1.165, 1.54) is 6.07 Å². The van der Waals surface area contributed by atoms with Crippen LogP contribution in [0.25, 0.3) is 0 Å². The Bertz CT molecular complexity index is 590. The summed E-state index contributed by atoms with van der Waals surface area (Å²) in [6.07, 6.45) is 4.11. The van der Waals surface area contributed by atoms with Gasteiger partial charge in [-0.3, -0.25) is 9.59 Å². The molecule has 2 unspecified atom stereocenters. The van der Waals surface area contributed by atoms with E-state index in [0.29, 0.717) is 17.4 Å². The second-order valence-corrected chi connectivity index (χ2v) is 6.63. The standard InChI is InChI=1S/C16H17BrFNO2/c17-12-6-1-5-11(15(12)18)16(21)19-9-3-7-13(19)10-4-2-8-14(10)20/h1,5-6,10,13H,2-4,7-9H2. The molecule has 3 nitrogen and oxygen atoms in total. The molecule has 2 fully saturated rings. The summed E-state index contributed by atoms with van der Waals surface area (Å²) in [5.74, 6) is -0.608. The quantitative estimate of drug-likeness (QED) is 0.814. The molecule has 1 amide bonds. The normalized spacial score (nSPS) is 25.6. The number of nitrogens with zero attached hydrogens (tertiary/aromatic N) is 1. The van der Waals surface area contributed by atoms with Crippen LogP contribution in [0.3, 0.4) is 0 Å². The van der Waals surface area contributed by atoms with E-state index < -0.39 is 5.82 Å². The maximum absolute atomic E-state index is 14.1. The zero-order valence-corrected chi connectivity index (χ0v) is 13.2. The van der Waals surface area contributed by atoms with Gasteiger partial charge in [0, 0.05) is 24.9 Å². The topological polar surface area (TPSA) is 37.4 Å². The molecule has 2 atom stereocenters. The molecule has 112 valence electrons. The summed E-state index contributed by atoms with van der Waals surface area (Å²) in [6.45, 7) is 0.610. The smallest absolute Gasteiger partial charge is 0.257 e. The molecule has 2 aliphatic rings. The van der Waals surface area contributed by atoms with Crippen molar-refractivity contribution in [1.82, 2.24) is 4.90 Å². The van der Waals surface area contributed by atoms with Crippen LogP contribution in [0.2, 0.25) is 0 Å². The molecule has 0 radical (unpaired) electrons.